The average molecular weight is 531 g/mol. The first-order chi connectivity index (χ1) is 18.1. The second-order valence-electron chi connectivity index (χ2n) is 9.07. The Morgan fingerprint density at radius 2 is 1.84 bits per heavy atom. The summed E-state index contributed by atoms with van der Waals surface area (Å²) >= 11 is 0. The van der Waals surface area contributed by atoms with Crippen LogP contribution in [0, 0.1) is 11.6 Å². The SMILES string of the molecule is O=C(Nc1ccc(Nc2ccnc3c2C2CCCCCN2C(=O)N3)c(F)c1)c1ccc(F)cc1C(F)(F)F. The molecule has 7 nitrogen and oxygen atoms in total. The Balaban J connectivity index is 1.39. The van der Waals surface area contributed by atoms with Crippen LogP contribution in [0.2, 0.25) is 0 Å². The van der Waals surface area contributed by atoms with Crippen molar-refractivity contribution in [2.75, 3.05) is 22.5 Å². The normalized spacial score (nSPS) is 17.1. The van der Waals surface area contributed by atoms with Gasteiger partial charge in [-0.05, 0) is 55.3 Å². The first kappa shape index (κ1) is 25.4. The molecule has 1 aromatic heterocycles. The largest absolute Gasteiger partial charge is 0.417 e. The summed E-state index contributed by atoms with van der Waals surface area (Å²) in [6.07, 6.45) is 0.0625. The molecule has 0 radical (unpaired) electrons. The summed E-state index contributed by atoms with van der Waals surface area (Å²) in [6.45, 7) is 0.594. The molecule has 3 N–H and O–H groups in total. The van der Waals surface area contributed by atoms with E-state index in [9.17, 15) is 27.2 Å². The van der Waals surface area contributed by atoms with Gasteiger partial charge in [0.1, 0.15) is 17.5 Å². The van der Waals surface area contributed by atoms with Crippen molar-refractivity contribution in [3.05, 3.63) is 77.0 Å². The lowest BCUT2D eigenvalue weighted by Crippen LogP contribution is -2.42. The summed E-state index contributed by atoms with van der Waals surface area (Å²) in [5, 5.41) is 8.03. The maximum Gasteiger partial charge on any atom is 0.417 e. The maximum absolute atomic E-state index is 15.1. The minimum Gasteiger partial charge on any atom is -0.353 e. The molecule has 3 amide bonds. The highest BCUT2D eigenvalue weighted by molar-refractivity contribution is 6.05. The molecule has 5 rings (SSSR count). The van der Waals surface area contributed by atoms with Crippen LogP contribution in [-0.4, -0.2) is 28.4 Å². The molecule has 2 aliphatic rings. The van der Waals surface area contributed by atoms with Gasteiger partial charge in [0.2, 0.25) is 0 Å². The number of anilines is 4. The molecular formula is C26H22F5N5O2. The zero-order chi connectivity index (χ0) is 27.0. The molecule has 12 heteroatoms. The van der Waals surface area contributed by atoms with E-state index in [2.05, 4.69) is 20.9 Å². The van der Waals surface area contributed by atoms with Crippen LogP contribution in [0.5, 0.6) is 0 Å². The quantitative estimate of drug-likeness (QED) is 0.322. The lowest BCUT2D eigenvalue weighted by molar-refractivity contribution is -0.138. The van der Waals surface area contributed by atoms with Gasteiger partial charge in [0.15, 0.2) is 0 Å². The molecule has 2 aromatic carbocycles. The minimum atomic E-state index is -4.95. The van der Waals surface area contributed by atoms with E-state index < -0.39 is 34.8 Å². The van der Waals surface area contributed by atoms with E-state index in [1.165, 1.54) is 18.3 Å². The molecule has 1 fully saturated rings. The fourth-order valence-electron chi connectivity index (χ4n) is 4.83. The van der Waals surface area contributed by atoms with Crippen molar-refractivity contribution < 1.29 is 31.5 Å². The fourth-order valence-corrected chi connectivity index (χ4v) is 4.83. The maximum atomic E-state index is 15.1. The monoisotopic (exact) mass is 531 g/mol. The number of benzene rings is 2. The third-order valence-corrected chi connectivity index (χ3v) is 6.59. The molecule has 0 saturated carbocycles. The highest BCUT2D eigenvalue weighted by atomic mass is 19.4. The summed E-state index contributed by atoms with van der Waals surface area (Å²) < 4.78 is 68.2. The van der Waals surface area contributed by atoms with Gasteiger partial charge >= 0.3 is 12.2 Å². The number of hydrogen-bond donors (Lipinski definition) is 3. The third-order valence-electron chi connectivity index (χ3n) is 6.59. The van der Waals surface area contributed by atoms with Crippen LogP contribution in [-0.2, 0) is 6.18 Å². The molecule has 1 saturated heterocycles. The third kappa shape index (κ3) is 4.98. The van der Waals surface area contributed by atoms with E-state index in [0.29, 0.717) is 18.1 Å². The van der Waals surface area contributed by atoms with E-state index in [1.807, 2.05) is 0 Å². The molecule has 0 spiro atoms. The van der Waals surface area contributed by atoms with E-state index in [-0.39, 0.29) is 29.5 Å². The van der Waals surface area contributed by atoms with Crippen molar-refractivity contribution in [2.45, 2.75) is 37.9 Å². The zero-order valence-corrected chi connectivity index (χ0v) is 19.8. The van der Waals surface area contributed by atoms with Crippen LogP contribution >= 0.6 is 0 Å². The average Bonchev–Trinajstić information content (AvgIpc) is 3.12. The number of rotatable bonds is 4. The molecular weight excluding hydrogens is 509 g/mol. The number of carbonyl (C=O) groups is 2. The van der Waals surface area contributed by atoms with Gasteiger partial charge < -0.3 is 15.5 Å². The van der Waals surface area contributed by atoms with E-state index >= 15 is 4.39 Å². The van der Waals surface area contributed by atoms with Gasteiger partial charge in [0.25, 0.3) is 5.91 Å². The van der Waals surface area contributed by atoms with Crippen LogP contribution in [0.15, 0.2) is 48.7 Å². The number of nitrogens with zero attached hydrogens (tertiary/aromatic N) is 2. The summed E-state index contributed by atoms with van der Waals surface area (Å²) in [5.41, 5.74) is -0.984. The molecule has 1 unspecified atom stereocenters. The van der Waals surface area contributed by atoms with Gasteiger partial charge in [-0.3, -0.25) is 10.1 Å². The number of urea groups is 1. The Morgan fingerprint density at radius 1 is 1.03 bits per heavy atom. The predicted molar refractivity (Wildman–Crippen MR) is 130 cm³/mol. The van der Waals surface area contributed by atoms with E-state index in [0.717, 1.165) is 49.4 Å². The number of hydrogen-bond acceptors (Lipinski definition) is 4. The smallest absolute Gasteiger partial charge is 0.353 e. The molecule has 2 aliphatic heterocycles. The van der Waals surface area contributed by atoms with Crippen molar-refractivity contribution >= 4 is 34.8 Å². The molecule has 3 aromatic rings. The van der Waals surface area contributed by atoms with Crippen LogP contribution < -0.4 is 16.0 Å². The summed E-state index contributed by atoms with van der Waals surface area (Å²) in [6, 6.07) is 6.54. The van der Waals surface area contributed by atoms with Crippen molar-refractivity contribution in [2.24, 2.45) is 0 Å². The number of halogens is 5. The first-order valence-corrected chi connectivity index (χ1v) is 11.9. The van der Waals surface area contributed by atoms with Gasteiger partial charge in [0, 0.05) is 29.7 Å². The Bertz CT molecular complexity index is 1410. The van der Waals surface area contributed by atoms with Gasteiger partial charge in [-0.15, -0.1) is 0 Å². The molecule has 0 aliphatic carbocycles. The van der Waals surface area contributed by atoms with Crippen molar-refractivity contribution in [1.82, 2.24) is 9.88 Å². The number of alkyl halides is 3. The zero-order valence-electron chi connectivity index (χ0n) is 19.8. The summed E-state index contributed by atoms with van der Waals surface area (Å²) in [5.74, 6) is -2.68. The van der Waals surface area contributed by atoms with Crippen LogP contribution in [0.25, 0.3) is 0 Å². The van der Waals surface area contributed by atoms with Crippen molar-refractivity contribution in [1.29, 1.82) is 0 Å². The van der Waals surface area contributed by atoms with E-state index in [1.54, 1.807) is 11.0 Å². The number of aromatic nitrogens is 1. The Kier molecular flexibility index (Phi) is 6.64. The van der Waals surface area contributed by atoms with Crippen molar-refractivity contribution in [3.63, 3.8) is 0 Å². The lowest BCUT2D eigenvalue weighted by atomic mass is 9.98. The van der Waals surface area contributed by atoms with Crippen molar-refractivity contribution in [3.8, 4) is 0 Å². The van der Waals surface area contributed by atoms with Crippen LogP contribution in [0.4, 0.5) is 49.6 Å². The number of carbonyl (C=O) groups excluding carboxylic acids is 2. The fraction of sp³-hybridized carbons (Fsp3) is 0.269. The van der Waals surface area contributed by atoms with Gasteiger partial charge in [0.05, 0.1) is 22.9 Å². The van der Waals surface area contributed by atoms with Crippen LogP contribution in [0.1, 0.15) is 53.2 Å². The second-order valence-corrected chi connectivity index (χ2v) is 9.07. The lowest BCUT2D eigenvalue weighted by Gasteiger charge is -2.36. The standard InChI is InChI=1S/C26H22F5N5O2/c27-14-5-7-16(17(12-14)26(29,30)31)24(37)33-15-6-8-19(18(28)13-15)34-20-9-10-32-23-22(20)21-4-2-1-3-11-36(21)25(38)35-23/h5-10,12-13,21H,1-4,11H2,(H,33,37)(H2,32,34,35,38). The highest BCUT2D eigenvalue weighted by Gasteiger charge is 2.37. The molecule has 198 valence electrons. The van der Waals surface area contributed by atoms with Gasteiger partial charge in [-0.25, -0.2) is 18.6 Å². The van der Waals surface area contributed by atoms with E-state index in [4.69, 9.17) is 0 Å². The van der Waals surface area contributed by atoms with Gasteiger partial charge in [-0.2, -0.15) is 13.2 Å². The molecule has 1 atom stereocenters. The number of amides is 3. The molecule has 38 heavy (non-hydrogen) atoms. The Morgan fingerprint density at radius 3 is 2.61 bits per heavy atom. The molecule has 3 heterocycles. The topological polar surface area (TPSA) is 86.4 Å². The number of pyridine rings is 1. The van der Waals surface area contributed by atoms with Crippen LogP contribution in [0.3, 0.4) is 0 Å². The Hall–Kier alpha value is -4.22. The summed E-state index contributed by atoms with van der Waals surface area (Å²) in [7, 11) is 0. The second kappa shape index (κ2) is 9.92. The number of nitrogens with one attached hydrogen (secondary N) is 3. The van der Waals surface area contributed by atoms with Gasteiger partial charge in [-0.1, -0.05) is 12.8 Å². The first-order valence-electron chi connectivity index (χ1n) is 11.9. The Labute approximate surface area is 214 Å². The minimum absolute atomic E-state index is 0.0474. The molecule has 0 bridgehead atoms. The summed E-state index contributed by atoms with van der Waals surface area (Å²) in [4.78, 5) is 31.1. The number of fused-ring (bicyclic) bond motifs is 3. The predicted octanol–water partition coefficient (Wildman–Crippen LogP) is 6.84. The highest BCUT2D eigenvalue weighted by Crippen LogP contribution is 2.42.